The number of nitrogens with one attached hydrogen (secondary N) is 1. The number of aliphatic hydroxyl groups is 2. The van der Waals surface area contributed by atoms with E-state index in [0.717, 1.165) is 16.7 Å². The molecule has 0 aromatic heterocycles. The van der Waals surface area contributed by atoms with Crippen molar-refractivity contribution in [2.45, 2.75) is 19.3 Å². The minimum Gasteiger partial charge on any atom is -0.392 e. The molecule has 21 heavy (non-hydrogen) atoms. The molecule has 0 aliphatic rings. The molecule has 108 valence electrons. The van der Waals surface area contributed by atoms with Gasteiger partial charge in [0, 0.05) is 13.1 Å². The molecule has 2 rings (SSSR count). The molecule has 0 aliphatic heterocycles. The molecule has 0 heterocycles. The van der Waals surface area contributed by atoms with Gasteiger partial charge in [-0.1, -0.05) is 36.4 Å². The quantitative estimate of drug-likeness (QED) is 0.756. The van der Waals surface area contributed by atoms with E-state index in [1.54, 1.807) is 24.3 Å². The molecule has 1 unspecified atom stereocenters. The van der Waals surface area contributed by atoms with Gasteiger partial charge in [-0.05, 0) is 28.8 Å². The zero-order chi connectivity index (χ0) is 15.1. The fourth-order valence-corrected chi connectivity index (χ4v) is 2.09. The fraction of sp³-hybridized carbons (Fsp3) is 0.235. The Kier molecular flexibility index (Phi) is 5.47. The molecule has 4 nitrogen and oxygen atoms in total. The van der Waals surface area contributed by atoms with Crippen molar-refractivity contribution in [1.82, 2.24) is 5.32 Å². The van der Waals surface area contributed by atoms with E-state index in [9.17, 15) is 5.11 Å². The highest BCUT2D eigenvalue weighted by Gasteiger charge is 2.07. The summed E-state index contributed by atoms with van der Waals surface area (Å²) in [6, 6.07) is 16.6. The number of rotatable bonds is 6. The summed E-state index contributed by atoms with van der Waals surface area (Å²) in [5.41, 5.74) is 3.31. The van der Waals surface area contributed by atoms with Crippen LogP contribution < -0.4 is 5.32 Å². The molecule has 2 aromatic carbocycles. The molecule has 3 N–H and O–H groups in total. The minimum absolute atomic E-state index is 0.0295. The van der Waals surface area contributed by atoms with Crippen LogP contribution in [0.5, 0.6) is 0 Å². The second-order valence-electron chi connectivity index (χ2n) is 4.86. The van der Waals surface area contributed by atoms with Crippen LogP contribution in [-0.2, 0) is 13.2 Å². The van der Waals surface area contributed by atoms with E-state index in [-0.39, 0.29) is 6.61 Å². The van der Waals surface area contributed by atoms with Gasteiger partial charge in [-0.2, -0.15) is 5.26 Å². The van der Waals surface area contributed by atoms with Gasteiger partial charge in [-0.3, -0.25) is 0 Å². The largest absolute Gasteiger partial charge is 0.392 e. The van der Waals surface area contributed by atoms with Crippen LogP contribution in [0.25, 0.3) is 0 Å². The maximum Gasteiger partial charge on any atom is 0.0991 e. The van der Waals surface area contributed by atoms with Crippen LogP contribution >= 0.6 is 0 Å². The highest BCUT2D eigenvalue weighted by Crippen LogP contribution is 2.13. The molecule has 0 saturated carbocycles. The number of nitriles is 1. The topological polar surface area (TPSA) is 76.3 Å². The van der Waals surface area contributed by atoms with Gasteiger partial charge in [0.25, 0.3) is 0 Å². The molecule has 4 heteroatoms. The first kappa shape index (κ1) is 15.2. The summed E-state index contributed by atoms with van der Waals surface area (Å²) in [4.78, 5) is 0. The van der Waals surface area contributed by atoms with Crippen molar-refractivity contribution in [2.75, 3.05) is 6.54 Å². The molecular formula is C17H18N2O2. The Morgan fingerprint density at radius 3 is 2.48 bits per heavy atom. The van der Waals surface area contributed by atoms with Crippen LogP contribution in [0, 0.1) is 11.3 Å². The molecule has 0 radical (unpaired) electrons. The Morgan fingerprint density at radius 1 is 1.10 bits per heavy atom. The number of benzene rings is 2. The van der Waals surface area contributed by atoms with E-state index in [1.807, 2.05) is 24.3 Å². The van der Waals surface area contributed by atoms with Crippen LogP contribution in [0.1, 0.15) is 28.4 Å². The zero-order valence-electron chi connectivity index (χ0n) is 11.7. The van der Waals surface area contributed by atoms with Crippen molar-refractivity contribution in [2.24, 2.45) is 0 Å². The Labute approximate surface area is 124 Å². The maximum atomic E-state index is 10.1. The predicted molar refractivity (Wildman–Crippen MR) is 80.2 cm³/mol. The van der Waals surface area contributed by atoms with Gasteiger partial charge in [0.1, 0.15) is 0 Å². The first-order valence-electron chi connectivity index (χ1n) is 6.80. The van der Waals surface area contributed by atoms with Gasteiger partial charge in [0.05, 0.1) is 24.3 Å². The van der Waals surface area contributed by atoms with Crippen molar-refractivity contribution in [3.63, 3.8) is 0 Å². The third-order valence-electron chi connectivity index (χ3n) is 3.27. The van der Waals surface area contributed by atoms with E-state index >= 15 is 0 Å². The Balaban J connectivity index is 1.85. The van der Waals surface area contributed by atoms with Crippen molar-refractivity contribution < 1.29 is 10.2 Å². The fourth-order valence-electron chi connectivity index (χ4n) is 2.09. The van der Waals surface area contributed by atoms with E-state index in [2.05, 4.69) is 11.4 Å². The highest BCUT2D eigenvalue weighted by atomic mass is 16.3. The van der Waals surface area contributed by atoms with Crippen molar-refractivity contribution >= 4 is 0 Å². The van der Waals surface area contributed by atoms with Crippen LogP contribution in [-0.4, -0.2) is 16.8 Å². The summed E-state index contributed by atoms with van der Waals surface area (Å²) >= 11 is 0. The number of nitrogens with zero attached hydrogens (tertiary/aromatic N) is 1. The van der Waals surface area contributed by atoms with Crippen LogP contribution in [0.3, 0.4) is 0 Å². The summed E-state index contributed by atoms with van der Waals surface area (Å²) in [6.45, 7) is 1.08. The van der Waals surface area contributed by atoms with Crippen LogP contribution in [0.2, 0.25) is 0 Å². The normalized spacial score (nSPS) is 11.9. The van der Waals surface area contributed by atoms with Crippen molar-refractivity contribution in [1.29, 1.82) is 5.26 Å². The molecular weight excluding hydrogens is 264 g/mol. The first-order chi connectivity index (χ1) is 10.2. The van der Waals surface area contributed by atoms with Gasteiger partial charge in [0.15, 0.2) is 0 Å². The smallest absolute Gasteiger partial charge is 0.0991 e. The third kappa shape index (κ3) is 4.40. The third-order valence-corrected chi connectivity index (χ3v) is 3.27. The molecule has 0 aliphatic carbocycles. The molecule has 0 bridgehead atoms. The van der Waals surface area contributed by atoms with Gasteiger partial charge >= 0.3 is 0 Å². The Hall–Kier alpha value is -2.19. The number of aliphatic hydroxyl groups excluding tert-OH is 2. The van der Waals surface area contributed by atoms with Gasteiger partial charge < -0.3 is 15.5 Å². The average molecular weight is 282 g/mol. The molecule has 0 saturated heterocycles. The molecule has 0 fully saturated rings. The molecule has 0 amide bonds. The van der Waals surface area contributed by atoms with Crippen molar-refractivity contribution in [3.05, 3.63) is 70.8 Å². The van der Waals surface area contributed by atoms with Gasteiger partial charge in [-0.25, -0.2) is 0 Å². The maximum absolute atomic E-state index is 10.1. The monoisotopic (exact) mass is 282 g/mol. The van der Waals surface area contributed by atoms with Gasteiger partial charge in [-0.15, -0.1) is 0 Å². The highest BCUT2D eigenvalue weighted by molar-refractivity contribution is 5.32. The first-order valence-corrected chi connectivity index (χ1v) is 6.80. The molecule has 1 atom stereocenters. The van der Waals surface area contributed by atoms with E-state index in [0.29, 0.717) is 18.7 Å². The summed E-state index contributed by atoms with van der Waals surface area (Å²) in [7, 11) is 0. The van der Waals surface area contributed by atoms with E-state index < -0.39 is 6.10 Å². The number of hydrogen-bond acceptors (Lipinski definition) is 4. The van der Waals surface area contributed by atoms with Crippen LogP contribution in [0.15, 0.2) is 48.5 Å². The number of hydrogen-bond donors (Lipinski definition) is 3. The van der Waals surface area contributed by atoms with E-state index in [4.69, 9.17) is 10.4 Å². The summed E-state index contributed by atoms with van der Waals surface area (Å²) in [6.07, 6.45) is -0.612. The second kappa shape index (κ2) is 7.55. The van der Waals surface area contributed by atoms with Crippen LogP contribution in [0.4, 0.5) is 0 Å². The van der Waals surface area contributed by atoms with Crippen molar-refractivity contribution in [3.8, 4) is 6.07 Å². The summed E-state index contributed by atoms with van der Waals surface area (Å²) in [5, 5.41) is 31.1. The predicted octanol–water partition coefficient (Wildman–Crippen LogP) is 1.87. The lowest BCUT2D eigenvalue weighted by Gasteiger charge is -2.12. The standard InChI is InChI=1S/C17H18N2O2/c18-9-13-4-6-16(7-5-13)17(21)11-19-10-14-2-1-3-15(8-14)12-20/h1-8,17,19-21H,10-12H2. The lowest BCUT2D eigenvalue weighted by atomic mass is 10.1. The Bertz CT molecular complexity index is 617. The second-order valence-corrected chi connectivity index (χ2v) is 4.86. The zero-order valence-corrected chi connectivity index (χ0v) is 11.7. The minimum atomic E-state index is -0.612. The summed E-state index contributed by atoms with van der Waals surface area (Å²) in [5.74, 6) is 0. The lowest BCUT2D eigenvalue weighted by Crippen LogP contribution is -2.21. The summed E-state index contributed by atoms with van der Waals surface area (Å²) < 4.78 is 0. The lowest BCUT2D eigenvalue weighted by molar-refractivity contribution is 0.174. The SMILES string of the molecule is N#Cc1ccc(C(O)CNCc2cccc(CO)c2)cc1. The molecule has 2 aromatic rings. The average Bonchev–Trinajstić information content (AvgIpc) is 2.55. The Morgan fingerprint density at radius 2 is 1.81 bits per heavy atom. The van der Waals surface area contributed by atoms with Gasteiger partial charge in [0.2, 0.25) is 0 Å². The molecule has 0 spiro atoms. The van der Waals surface area contributed by atoms with E-state index in [1.165, 1.54) is 0 Å².